The van der Waals surface area contributed by atoms with Crippen molar-refractivity contribution in [2.45, 2.75) is 0 Å². The average molecular weight is 607 g/mol. The Morgan fingerprint density at radius 3 is 1.27 bits per heavy atom. The van der Waals surface area contributed by atoms with Crippen molar-refractivity contribution in [2.24, 2.45) is 0 Å². The fourth-order valence-corrected chi connectivity index (χ4v) is 7.86. The Labute approximate surface area is 279 Å². The fraction of sp³-hybridized carbons (Fsp3) is 0. The minimum Gasteiger partial charge on any atom is -0.0616 e. The lowest BCUT2D eigenvalue weighted by atomic mass is 9.84. The molecule has 0 unspecified atom stereocenters. The first-order chi connectivity index (χ1) is 23.8. The molecule has 10 aromatic carbocycles. The second-order valence-electron chi connectivity index (χ2n) is 12.9. The van der Waals surface area contributed by atoms with Crippen molar-refractivity contribution in [3.63, 3.8) is 0 Å². The standard InChI is InChI=1S/C48H30/c1-3-12-34-27-36(20-17-31(34)9-1)37-23-26-45-46(30-37)48(39-22-18-32-10-2-4-13-35(32)28-39)44-16-8-7-15-43(44)47(45)40-24-25-42-38(29-40)21-19-33-11-5-6-14-41(33)42/h1-30H. The van der Waals surface area contributed by atoms with E-state index in [2.05, 4.69) is 182 Å². The Morgan fingerprint density at radius 2 is 0.562 bits per heavy atom. The van der Waals surface area contributed by atoms with Crippen molar-refractivity contribution in [3.8, 4) is 33.4 Å². The van der Waals surface area contributed by atoms with Crippen molar-refractivity contribution in [2.75, 3.05) is 0 Å². The van der Waals surface area contributed by atoms with E-state index >= 15 is 0 Å². The summed E-state index contributed by atoms with van der Waals surface area (Å²) in [7, 11) is 0. The third-order valence-electron chi connectivity index (χ3n) is 10.2. The highest BCUT2D eigenvalue weighted by Gasteiger charge is 2.18. The molecule has 0 saturated carbocycles. The molecule has 0 aliphatic rings. The highest BCUT2D eigenvalue weighted by Crippen LogP contribution is 2.46. The summed E-state index contributed by atoms with van der Waals surface area (Å²) in [6.45, 7) is 0. The van der Waals surface area contributed by atoms with Crippen LogP contribution in [0.25, 0.3) is 98.0 Å². The molecule has 10 aromatic rings. The molecule has 0 aliphatic carbocycles. The first-order valence-electron chi connectivity index (χ1n) is 16.7. The first kappa shape index (κ1) is 26.9. The fourth-order valence-electron chi connectivity index (χ4n) is 7.86. The third kappa shape index (κ3) is 4.24. The van der Waals surface area contributed by atoms with E-state index in [-0.39, 0.29) is 0 Å². The largest absolute Gasteiger partial charge is 0.0616 e. The average Bonchev–Trinajstić information content (AvgIpc) is 3.16. The van der Waals surface area contributed by atoms with Crippen LogP contribution in [0, 0.1) is 0 Å². The van der Waals surface area contributed by atoms with Gasteiger partial charge in [0.15, 0.2) is 0 Å². The molecule has 0 nitrogen and oxygen atoms in total. The van der Waals surface area contributed by atoms with E-state index < -0.39 is 0 Å². The summed E-state index contributed by atoms with van der Waals surface area (Å²) >= 11 is 0. The maximum atomic E-state index is 2.43. The van der Waals surface area contributed by atoms with Crippen LogP contribution in [0.5, 0.6) is 0 Å². The monoisotopic (exact) mass is 606 g/mol. The Hall–Kier alpha value is -6.24. The van der Waals surface area contributed by atoms with E-state index in [0.717, 1.165) is 0 Å². The van der Waals surface area contributed by atoms with Gasteiger partial charge in [-0.05, 0) is 122 Å². The van der Waals surface area contributed by atoms with Gasteiger partial charge in [0.25, 0.3) is 0 Å². The van der Waals surface area contributed by atoms with Crippen LogP contribution >= 0.6 is 0 Å². The minimum atomic E-state index is 1.22. The Balaban J connectivity index is 1.29. The van der Waals surface area contributed by atoms with Gasteiger partial charge < -0.3 is 0 Å². The normalized spacial score (nSPS) is 11.8. The zero-order chi connectivity index (χ0) is 31.6. The van der Waals surface area contributed by atoms with Gasteiger partial charge in [0, 0.05) is 0 Å². The van der Waals surface area contributed by atoms with E-state index in [4.69, 9.17) is 0 Å². The predicted octanol–water partition coefficient (Wildman–Crippen LogP) is 13.6. The highest BCUT2D eigenvalue weighted by atomic mass is 14.2. The molecule has 0 spiro atoms. The van der Waals surface area contributed by atoms with Gasteiger partial charge in [0.05, 0.1) is 0 Å². The van der Waals surface area contributed by atoms with Crippen LogP contribution in [-0.2, 0) is 0 Å². The molecule has 0 fully saturated rings. The van der Waals surface area contributed by atoms with Crippen molar-refractivity contribution < 1.29 is 0 Å². The van der Waals surface area contributed by atoms with E-state index in [9.17, 15) is 0 Å². The van der Waals surface area contributed by atoms with Gasteiger partial charge in [-0.3, -0.25) is 0 Å². The summed E-state index contributed by atoms with van der Waals surface area (Å²) in [5, 5.41) is 15.2. The molecule has 0 bridgehead atoms. The third-order valence-corrected chi connectivity index (χ3v) is 10.2. The van der Waals surface area contributed by atoms with E-state index in [1.54, 1.807) is 0 Å². The zero-order valence-electron chi connectivity index (χ0n) is 26.3. The summed E-state index contributed by atoms with van der Waals surface area (Å²) in [5.41, 5.74) is 7.49. The molecule has 0 amide bonds. The van der Waals surface area contributed by atoms with Crippen molar-refractivity contribution >= 4 is 64.6 Å². The lowest BCUT2D eigenvalue weighted by molar-refractivity contribution is 1.66. The summed E-state index contributed by atoms with van der Waals surface area (Å²) in [6.07, 6.45) is 0. The maximum Gasteiger partial charge on any atom is -0.00259 e. The molecule has 0 aliphatic heterocycles. The number of hydrogen-bond acceptors (Lipinski definition) is 0. The van der Waals surface area contributed by atoms with Gasteiger partial charge >= 0.3 is 0 Å². The molecule has 0 heterocycles. The Kier molecular flexibility index (Phi) is 5.98. The maximum absolute atomic E-state index is 2.43. The topological polar surface area (TPSA) is 0 Å². The predicted molar refractivity (Wildman–Crippen MR) is 208 cm³/mol. The Bertz CT molecular complexity index is 2890. The lowest BCUT2D eigenvalue weighted by Crippen LogP contribution is -1.92. The molecule has 0 saturated heterocycles. The quantitative estimate of drug-likeness (QED) is 0.139. The van der Waals surface area contributed by atoms with Gasteiger partial charge in [0.1, 0.15) is 0 Å². The lowest BCUT2D eigenvalue weighted by Gasteiger charge is -2.19. The zero-order valence-corrected chi connectivity index (χ0v) is 26.3. The number of rotatable bonds is 3. The number of fused-ring (bicyclic) bond motifs is 7. The molecule has 10 rings (SSSR count). The molecule has 0 atom stereocenters. The smallest absolute Gasteiger partial charge is 0.00259 e. The van der Waals surface area contributed by atoms with Crippen LogP contribution in [-0.4, -0.2) is 0 Å². The van der Waals surface area contributed by atoms with Crippen LogP contribution in [0.1, 0.15) is 0 Å². The van der Waals surface area contributed by atoms with Gasteiger partial charge in [-0.15, -0.1) is 0 Å². The highest BCUT2D eigenvalue weighted by molar-refractivity contribution is 6.23. The molecule has 0 aromatic heterocycles. The molecule has 0 N–H and O–H groups in total. The second kappa shape index (κ2) is 10.7. The van der Waals surface area contributed by atoms with E-state index in [1.165, 1.54) is 98.0 Å². The Morgan fingerprint density at radius 1 is 0.188 bits per heavy atom. The van der Waals surface area contributed by atoms with E-state index in [1.807, 2.05) is 0 Å². The minimum absolute atomic E-state index is 1.22. The first-order valence-corrected chi connectivity index (χ1v) is 16.7. The van der Waals surface area contributed by atoms with Gasteiger partial charge in [0.2, 0.25) is 0 Å². The van der Waals surface area contributed by atoms with Gasteiger partial charge in [-0.25, -0.2) is 0 Å². The molecule has 0 heteroatoms. The van der Waals surface area contributed by atoms with Gasteiger partial charge in [-0.1, -0.05) is 158 Å². The summed E-state index contributed by atoms with van der Waals surface area (Å²) in [4.78, 5) is 0. The molecule has 48 heavy (non-hydrogen) atoms. The van der Waals surface area contributed by atoms with Crippen molar-refractivity contribution in [3.05, 3.63) is 182 Å². The van der Waals surface area contributed by atoms with Crippen LogP contribution in [0.2, 0.25) is 0 Å². The summed E-state index contributed by atoms with van der Waals surface area (Å²) < 4.78 is 0. The molecule has 0 radical (unpaired) electrons. The SMILES string of the molecule is c1ccc2cc(-c3ccc4c(-c5ccc6c(ccc7ccccc76)c5)c5ccccc5c(-c5ccc6ccccc6c5)c4c3)ccc2c1. The van der Waals surface area contributed by atoms with Gasteiger partial charge in [-0.2, -0.15) is 0 Å². The summed E-state index contributed by atoms with van der Waals surface area (Å²) in [6, 6.07) is 67.3. The summed E-state index contributed by atoms with van der Waals surface area (Å²) in [5.74, 6) is 0. The second-order valence-corrected chi connectivity index (χ2v) is 12.9. The van der Waals surface area contributed by atoms with Crippen LogP contribution in [0.15, 0.2) is 182 Å². The van der Waals surface area contributed by atoms with Crippen LogP contribution in [0.3, 0.4) is 0 Å². The van der Waals surface area contributed by atoms with E-state index in [0.29, 0.717) is 0 Å². The molecular formula is C48H30. The van der Waals surface area contributed by atoms with Crippen LogP contribution in [0.4, 0.5) is 0 Å². The van der Waals surface area contributed by atoms with Crippen LogP contribution < -0.4 is 0 Å². The molecular weight excluding hydrogens is 577 g/mol. The molecule has 222 valence electrons. The number of hydrogen-bond donors (Lipinski definition) is 0. The van der Waals surface area contributed by atoms with Crippen molar-refractivity contribution in [1.29, 1.82) is 0 Å². The van der Waals surface area contributed by atoms with Crippen molar-refractivity contribution in [1.82, 2.24) is 0 Å². The number of benzene rings is 10.